The van der Waals surface area contributed by atoms with Gasteiger partial charge in [0, 0.05) is 12.3 Å². The van der Waals surface area contributed by atoms with Gasteiger partial charge in [0.25, 0.3) is 0 Å². The quantitative estimate of drug-likeness (QED) is 0.822. The Kier molecular flexibility index (Phi) is 3.16. The maximum atomic E-state index is 12.8. The molecule has 2 nitrogen and oxygen atoms in total. The van der Waals surface area contributed by atoms with Crippen LogP contribution in [-0.2, 0) is 16.0 Å². The first kappa shape index (κ1) is 11.8. The molecule has 2 saturated heterocycles. The van der Waals surface area contributed by atoms with Crippen molar-refractivity contribution >= 4 is 5.78 Å². The molecule has 1 aromatic rings. The standard InChI is InChI=1S/C15H17FO2/c16-12-3-1-10(2-4-12)7-15(17)11-8-13-5-6-14(9-11)18-13/h1-4,11,13-14H,5-9H2. The smallest absolute Gasteiger partial charge is 0.140 e. The van der Waals surface area contributed by atoms with Gasteiger partial charge in [0.2, 0.25) is 0 Å². The molecular weight excluding hydrogens is 231 g/mol. The average Bonchev–Trinajstić information content (AvgIpc) is 2.71. The molecule has 96 valence electrons. The summed E-state index contributed by atoms with van der Waals surface area (Å²) < 4.78 is 18.5. The van der Waals surface area contributed by atoms with Crippen molar-refractivity contribution in [2.45, 2.75) is 44.3 Å². The van der Waals surface area contributed by atoms with Gasteiger partial charge in [-0.2, -0.15) is 0 Å². The fraction of sp³-hybridized carbons (Fsp3) is 0.533. The molecule has 0 spiro atoms. The maximum absolute atomic E-state index is 12.8. The number of rotatable bonds is 3. The second-order valence-electron chi connectivity index (χ2n) is 5.40. The van der Waals surface area contributed by atoms with Gasteiger partial charge >= 0.3 is 0 Å². The second kappa shape index (κ2) is 4.81. The van der Waals surface area contributed by atoms with E-state index in [2.05, 4.69) is 0 Å². The van der Waals surface area contributed by atoms with E-state index in [-0.39, 0.29) is 17.5 Å². The van der Waals surface area contributed by atoms with Gasteiger partial charge < -0.3 is 4.74 Å². The Morgan fingerprint density at radius 2 is 1.78 bits per heavy atom. The molecule has 0 aliphatic carbocycles. The van der Waals surface area contributed by atoms with E-state index < -0.39 is 0 Å². The van der Waals surface area contributed by atoms with E-state index in [4.69, 9.17) is 4.74 Å². The van der Waals surface area contributed by atoms with Gasteiger partial charge in [-0.3, -0.25) is 4.79 Å². The maximum Gasteiger partial charge on any atom is 0.140 e. The van der Waals surface area contributed by atoms with Crippen molar-refractivity contribution in [2.24, 2.45) is 5.92 Å². The lowest BCUT2D eigenvalue weighted by atomic mass is 9.88. The van der Waals surface area contributed by atoms with E-state index >= 15 is 0 Å². The summed E-state index contributed by atoms with van der Waals surface area (Å²) in [7, 11) is 0. The summed E-state index contributed by atoms with van der Waals surface area (Å²) in [5.41, 5.74) is 0.903. The van der Waals surface area contributed by atoms with Gasteiger partial charge in [-0.1, -0.05) is 12.1 Å². The Labute approximate surface area is 106 Å². The molecule has 1 aromatic carbocycles. The van der Waals surface area contributed by atoms with Crippen LogP contribution in [0.4, 0.5) is 4.39 Å². The number of hydrogen-bond donors (Lipinski definition) is 0. The Hall–Kier alpha value is -1.22. The van der Waals surface area contributed by atoms with Crippen molar-refractivity contribution in [3.05, 3.63) is 35.6 Å². The zero-order chi connectivity index (χ0) is 12.5. The number of benzene rings is 1. The van der Waals surface area contributed by atoms with Crippen LogP contribution in [0.15, 0.2) is 24.3 Å². The first-order valence-corrected chi connectivity index (χ1v) is 6.63. The third kappa shape index (κ3) is 2.46. The third-order valence-electron chi connectivity index (χ3n) is 4.04. The highest BCUT2D eigenvalue weighted by atomic mass is 19.1. The lowest BCUT2D eigenvalue weighted by Gasteiger charge is -2.27. The van der Waals surface area contributed by atoms with Crippen LogP contribution in [0.1, 0.15) is 31.2 Å². The molecule has 18 heavy (non-hydrogen) atoms. The largest absolute Gasteiger partial charge is 0.375 e. The van der Waals surface area contributed by atoms with Crippen molar-refractivity contribution in [2.75, 3.05) is 0 Å². The van der Waals surface area contributed by atoms with E-state index in [1.165, 1.54) is 12.1 Å². The molecule has 2 aliphatic heterocycles. The van der Waals surface area contributed by atoms with Gasteiger partial charge in [-0.05, 0) is 43.4 Å². The van der Waals surface area contributed by atoms with Gasteiger partial charge in [0.05, 0.1) is 12.2 Å². The Morgan fingerprint density at radius 3 is 2.39 bits per heavy atom. The SMILES string of the molecule is O=C(Cc1ccc(F)cc1)C1CC2CCC(C1)O2. The number of Topliss-reactive ketones (excluding diaryl/α,β-unsaturated/α-hetero) is 1. The van der Waals surface area contributed by atoms with Crippen LogP contribution >= 0.6 is 0 Å². The molecule has 0 aromatic heterocycles. The van der Waals surface area contributed by atoms with Crippen LogP contribution in [0.25, 0.3) is 0 Å². The summed E-state index contributed by atoms with van der Waals surface area (Å²) in [6.07, 6.45) is 4.96. The average molecular weight is 248 g/mol. The van der Waals surface area contributed by atoms with E-state index in [9.17, 15) is 9.18 Å². The molecular formula is C15H17FO2. The number of halogens is 1. The van der Waals surface area contributed by atoms with Crippen molar-refractivity contribution in [3.63, 3.8) is 0 Å². The van der Waals surface area contributed by atoms with Crippen molar-refractivity contribution < 1.29 is 13.9 Å². The normalized spacial score (nSPS) is 30.4. The van der Waals surface area contributed by atoms with Crippen molar-refractivity contribution in [1.29, 1.82) is 0 Å². The fourth-order valence-electron chi connectivity index (χ4n) is 3.07. The van der Waals surface area contributed by atoms with Crippen LogP contribution in [-0.4, -0.2) is 18.0 Å². The highest BCUT2D eigenvalue weighted by Gasteiger charge is 2.37. The second-order valence-corrected chi connectivity index (χ2v) is 5.40. The van der Waals surface area contributed by atoms with E-state index in [0.29, 0.717) is 18.6 Å². The summed E-state index contributed by atoms with van der Waals surface area (Å²) in [4.78, 5) is 12.2. The predicted octanol–water partition coefficient (Wildman–Crippen LogP) is 2.89. The van der Waals surface area contributed by atoms with Crippen LogP contribution < -0.4 is 0 Å². The van der Waals surface area contributed by atoms with Crippen LogP contribution in [0.3, 0.4) is 0 Å². The Balaban J connectivity index is 1.63. The summed E-state index contributed by atoms with van der Waals surface area (Å²) in [5, 5.41) is 0. The summed E-state index contributed by atoms with van der Waals surface area (Å²) >= 11 is 0. The minimum absolute atomic E-state index is 0.140. The van der Waals surface area contributed by atoms with Gasteiger partial charge in [0.15, 0.2) is 0 Å². The highest BCUT2D eigenvalue weighted by molar-refractivity contribution is 5.83. The molecule has 2 unspecified atom stereocenters. The van der Waals surface area contributed by atoms with Crippen LogP contribution in [0.5, 0.6) is 0 Å². The zero-order valence-electron chi connectivity index (χ0n) is 10.3. The minimum atomic E-state index is -0.254. The van der Waals surface area contributed by atoms with Gasteiger partial charge in [0.1, 0.15) is 11.6 Å². The monoisotopic (exact) mass is 248 g/mol. The number of fused-ring (bicyclic) bond motifs is 2. The van der Waals surface area contributed by atoms with Crippen molar-refractivity contribution in [3.8, 4) is 0 Å². The molecule has 2 bridgehead atoms. The predicted molar refractivity (Wildman–Crippen MR) is 65.7 cm³/mol. The minimum Gasteiger partial charge on any atom is -0.375 e. The van der Waals surface area contributed by atoms with Gasteiger partial charge in [-0.15, -0.1) is 0 Å². The number of hydrogen-bond acceptors (Lipinski definition) is 2. The molecule has 0 saturated carbocycles. The molecule has 2 aliphatic rings. The number of carbonyl (C=O) groups is 1. The molecule has 2 atom stereocenters. The molecule has 2 heterocycles. The summed E-state index contributed by atoms with van der Waals surface area (Å²) in [6, 6.07) is 6.22. The van der Waals surface area contributed by atoms with E-state index in [0.717, 1.165) is 31.2 Å². The highest BCUT2D eigenvalue weighted by Crippen LogP contribution is 2.36. The number of ketones is 1. The topological polar surface area (TPSA) is 26.3 Å². The molecule has 0 amide bonds. The van der Waals surface area contributed by atoms with Gasteiger partial charge in [-0.25, -0.2) is 4.39 Å². The molecule has 0 N–H and O–H groups in total. The molecule has 3 heteroatoms. The van der Waals surface area contributed by atoms with Crippen LogP contribution in [0.2, 0.25) is 0 Å². The zero-order valence-corrected chi connectivity index (χ0v) is 10.3. The Bertz CT molecular complexity index is 428. The number of carbonyl (C=O) groups excluding carboxylic acids is 1. The summed E-state index contributed by atoms with van der Waals surface area (Å²) in [6.45, 7) is 0. The van der Waals surface area contributed by atoms with Crippen LogP contribution in [0, 0.1) is 11.7 Å². The number of ether oxygens (including phenoxy) is 1. The summed E-state index contributed by atoms with van der Waals surface area (Å²) in [5.74, 6) is 0.165. The Morgan fingerprint density at radius 1 is 1.17 bits per heavy atom. The lowest BCUT2D eigenvalue weighted by molar-refractivity contribution is -0.127. The van der Waals surface area contributed by atoms with E-state index in [1.807, 2.05) is 0 Å². The molecule has 0 radical (unpaired) electrons. The molecule has 3 rings (SSSR count). The first-order chi connectivity index (χ1) is 8.70. The molecule has 2 fully saturated rings. The van der Waals surface area contributed by atoms with Crippen molar-refractivity contribution in [1.82, 2.24) is 0 Å². The fourth-order valence-corrected chi connectivity index (χ4v) is 3.07. The lowest BCUT2D eigenvalue weighted by Crippen LogP contribution is -2.30. The third-order valence-corrected chi connectivity index (χ3v) is 4.04. The van der Waals surface area contributed by atoms with E-state index in [1.54, 1.807) is 12.1 Å². The first-order valence-electron chi connectivity index (χ1n) is 6.63.